The van der Waals surface area contributed by atoms with Crippen molar-refractivity contribution >= 4 is 17.6 Å². The Morgan fingerprint density at radius 2 is 2.22 bits per heavy atom. The maximum atomic E-state index is 10.4. The Labute approximate surface area is 110 Å². The first kappa shape index (κ1) is 14.3. The molecule has 98 valence electrons. The second-order valence-electron chi connectivity index (χ2n) is 3.39. The summed E-state index contributed by atoms with van der Waals surface area (Å²) in [5.74, 6) is -0.462. The second kappa shape index (κ2) is 7.58. The van der Waals surface area contributed by atoms with Crippen molar-refractivity contribution in [1.82, 2.24) is 5.48 Å². The van der Waals surface area contributed by atoms with E-state index in [-0.39, 0.29) is 5.70 Å². The fourth-order valence-electron chi connectivity index (χ4n) is 1.06. The van der Waals surface area contributed by atoms with E-state index in [2.05, 4.69) is 12.1 Å². The van der Waals surface area contributed by atoms with E-state index in [1.807, 2.05) is 0 Å². The van der Waals surface area contributed by atoms with Gasteiger partial charge < -0.3 is 9.84 Å². The van der Waals surface area contributed by atoms with Gasteiger partial charge in [-0.2, -0.15) is 0 Å². The number of nitrogens with one attached hydrogen (secondary N) is 1. The number of carboxylic acid groups (broad SMARTS) is 1. The molecule has 0 heterocycles. The topological polar surface area (TPSA) is 67.8 Å². The van der Waals surface area contributed by atoms with Crippen LogP contribution in [0, 0.1) is 0 Å². The highest BCUT2D eigenvalue weighted by Gasteiger charge is 2.02. The Kier molecular flexibility index (Phi) is 6.04. The molecule has 1 aromatic carbocycles. The first-order valence-corrected chi connectivity index (χ1v) is 5.66. The molecule has 0 aromatic heterocycles. The quantitative estimate of drug-likeness (QED) is 0.431. The maximum Gasteiger partial charge on any atom is 0.353 e. The first-order chi connectivity index (χ1) is 8.59. The fraction of sp³-hybridized carbons (Fsp3) is 0.250. The minimum Gasteiger partial charge on any atom is -0.493 e. The lowest BCUT2D eigenvalue weighted by Crippen LogP contribution is -2.20. The average molecular weight is 272 g/mol. The van der Waals surface area contributed by atoms with Gasteiger partial charge >= 0.3 is 5.97 Å². The average Bonchev–Trinajstić information content (AvgIpc) is 2.33. The molecule has 6 heteroatoms. The molecule has 0 aliphatic rings. The summed E-state index contributed by atoms with van der Waals surface area (Å²) in [7, 11) is 0. The van der Waals surface area contributed by atoms with E-state index in [4.69, 9.17) is 26.3 Å². The Morgan fingerprint density at radius 1 is 1.44 bits per heavy atom. The largest absolute Gasteiger partial charge is 0.493 e. The second-order valence-corrected chi connectivity index (χ2v) is 3.83. The number of ether oxygens (including phenoxy) is 1. The minimum atomic E-state index is -1.15. The SMILES string of the molecule is C=C(NOCCCOc1cccc(Cl)c1)C(=O)O. The monoisotopic (exact) mass is 271 g/mol. The Bertz CT molecular complexity index is 422. The molecule has 18 heavy (non-hydrogen) atoms. The molecule has 1 rings (SSSR count). The third kappa shape index (κ3) is 5.56. The molecule has 0 aliphatic heterocycles. The van der Waals surface area contributed by atoms with Crippen molar-refractivity contribution in [3.63, 3.8) is 0 Å². The molecule has 0 fully saturated rings. The maximum absolute atomic E-state index is 10.4. The van der Waals surface area contributed by atoms with Crippen molar-refractivity contribution in [3.05, 3.63) is 41.6 Å². The number of halogens is 1. The van der Waals surface area contributed by atoms with E-state index in [9.17, 15) is 4.79 Å². The van der Waals surface area contributed by atoms with Crippen LogP contribution >= 0.6 is 11.6 Å². The smallest absolute Gasteiger partial charge is 0.353 e. The van der Waals surface area contributed by atoms with Crippen LogP contribution in [-0.2, 0) is 9.63 Å². The Hall–Kier alpha value is -1.72. The van der Waals surface area contributed by atoms with Crippen LogP contribution < -0.4 is 10.2 Å². The number of aliphatic carboxylic acids is 1. The first-order valence-electron chi connectivity index (χ1n) is 5.28. The molecule has 5 nitrogen and oxygen atoms in total. The van der Waals surface area contributed by atoms with Gasteiger partial charge in [0.2, 0.25) is 0 Å². The zero-order valence-corrected chi connectivity index (χ0v) is 10.4. The van der Waals surface area contributed by atoms with Crippen molar-refractivity contribution in [2.45, 2.75) is 6.42 Å². The molecule has 0 amide bonds. The summed E-state index contributed by atoms with van der Waals surface area (Å²) in [4.78, 5) is 15.2. The van der Waals surface area contributed by atoms with Gasteiger partial charge in [0.25, 0.3) is 0 Å². The summed E-state index contributed by atoms with van der Waals surface area (Å²) >= 11 is 5.79. The lowest BCUT2D eigenvalue weighted by molar-refractivity contribution is -0.134. The standard InChI is InChI=1S/C12H14ClNO4/c1-9(12(15)16)14-18-7-3-6-17-11-5-2-4-10(13)8-11/h2,4-5,8,14H,1,3,6-7H2,(H,15,16). The summed E-state index contributed by atoms with van der Waals surface area (Å²) in [5, 5.41) is 9.09. The van der Waals surface area contributed by atoms with Gasteiger partial charge in [0, 0.05) is 11.4 Å². The molecule has 0 radical (unpaired) electrons. The summed E-state index contributed by atoms with van der Waals surface area (Å²) in [6, 6.07) is 7.08. The molecule has 0 saturated heterocycles. The number of rotatable bonds is 8. The van der Waals surface area contributed by atoms with Crippen LogP contribution in [0.1, 0.15) is 6.42 Å². The van der Waals surface area contributed by atoms with Crippen molar-refractivity contribution in [3.8, 4) is 5.75 Å². The van der Waals surface area contributed by atoms with E-state index in [1.165, 1.54) is 0 Å². The lowest BCUT2D eigenvalue weighted by atomic mass is 10.3. The van der Waals surface area contributed by atoms with Crippen molar-refractivity contribution in [2.75, 3.05) is 13.2 Å². The lowest BCUT2D eigenvalue weighted by Gasteiger charge is -2.08. The number of carbonyl (C=O) groups is 1. The highest BCUT2D eigenvalue weighted by Crippen LogP contribution is 2.16. The Morgan fingerprint density at radius 3 is 2.89 bits per heavy atom. The van der Waals surface area contributed by atoms with E-state index < -0.39 is 5.97 Å². The number of carboxylic acids is 1. The highest BCUT2D eigenvalue weighted by atomic mass is 35.5. The van der Waals surface area contributed by atoms with Gasteiger partial charge in [0.15, 0.2) is 0 Å². The predicted octanol–water partition coefficient (Wildman–Crippen LogP) is 2.23. The molecule has 0 unspecified atom stereocenters. The van der Waals surface area contributed by atoms with Gasteiger partial charge in [-0.05, 0) is 18.2 Å². The zero-order chi connectivity index (χ0) is 13.4. The summed E-state index contributed by atoms with van der Waals surface area (Å²) in [5.41, 5.74) is 2.02. The highest BCUT2D eigenvalue weighted by molar-refractivity contribution is 6.30. The number of hydrogen-bond acceptors (Lipinski definition) is 4. The minimum absolute atomic E-state index is 0.203. The van der Waals surface area contributed by atoms with Crippen LogP contribution in [0.4, 0.5) is 0 Å². The molecule has 0 bridgehead atoms. The summed E-state index contributed by atoms with van der Waals surface area (Å²) < 4.78 is 5.41. The normalized spacial score (nSPS) is 9.83. The van der Waals surface area contributed by atoms with Crippen LogP contribution in [-0.4, -0.2) is 24.3 Å². The van der Waals surface area contributed by atoms with Gasteiger partial charge in [-0.25, -0.2) is 4.79 Å². The van der Waals surface area contributed by atoms with E-state index >= 15 is 0 Å². The van der Waals surface area contributed by atoms with Crippen molar-refractivity contribution in [2.24, 2.45) is 0 Å². The van der Waals surface area contributed by atoms with Gasteiger partial charge in [-0.15, -0.1) is 0 Å². The number of benzene rings is 1. The van der Waals surface area contributed by atoms with Crippen molar-refractivity contribution < 1.29 is 19.5 Å². The number of hydrogen-bond donors (Lipinski definition) is 2. The van der Waals surface area contributed by atoms with Gasteiger partial charge in [-0.3, -0.25) is 10.3 Å². The predicted molar refractivity (Wildman–Crippen MR) is 67.4 cm³/mol. The third-order valence-corrected chi connectivity index (χ3v) is 2.14. The van der Waals surface area contributed by atoms with Gasteiger partial charge in [0.05, 0.1) is 13.2 Å². The van der Waals surface area contributed by atoms with Crippen LogP contribution in [0.25, 0.3) is 0 Å². The molecule has 1 aromatic rings. The van der Waals surface area contributed by atoms with E-state index in [1.54, 1.807) is 24.3 Å². The van der Waals surface area contributed by atoms with Gasteiger partial charge in [0.1, 0.15) is 11.4 Å². The molecule has 0 saturated carbocycles. The van der Waals surface area contributed by atoms with Crippen LogP contribution in [0.5, 0.6) is 5.75 Å². The van der Waals surface area contributed by atoms with E-state index in [0.29, 0.717) is 30.4 Å². The third-order valence-electron chi connectivity index (χ3n) is 1.91. The molecule has 2 N–H and O–H groups in total. The van der Waals surface area contributed by atoms with Gasteiger partial charge in [-0.1, -0.05) is 24.2 Å². The number of hydroxylamine groups is 1. The molecule has 0 atom stereocenters. The molecular formula is C12H14ClNO4. The van der Waals surface area contributed by atoms with Crippen LogP contribution in [0.2, 0.25) is 5.02 Å². The van der Waals surface area contributed by atoms with E-state index in [0.717, 1.165) is 0 Å². The fourth-order valence-corrected chi connectivity index (χ4v) is 1.24. The summed E-state index contributed by atoms with van der Waals surface area (Å²) in [6.07, 6.45) is 0.604. The molecule has 0 spiro atoms. The Balaban J connectivity index is 2.09. The summed E-state index contributed by atoms with van der Waals surface area (Å²) in [6.45, 7) is 4.01. The zero-order valence-electron chi connectivity index (χ0n) is 9.69. The molecular weight excluding hydrogens is 258 g/mol. The van der Waals surface area contributed by atoms with Crippen LogP contribution in [0.3, 0.4) is 0 Å². The van der Waals surface area contributed by atoms with Crippen LogP contribution in [0.15, 0.2) is 36.5 Å². The molecule has 0 aliphatic carbocycles. The van der Waals surface area contributed by atoms with Crippen molar-refractivity contribution in [1.29, 1.82) is 0 Å².